The van der Waals surface area contributed by atoms with E-state index in [0.717, 1.165) is 10.8 Å². The third-order valence-electron chi connectivity index (χ3n) is 9.23. The number of aliphatic hydroxyl groups is 1. The van der Waals surface area contributed by atoms with Gasteiger partial charge in [-0.3, -0.25) is 14.4 Å². The van der Waals surface area contributed by atoms with Crippen LogP contribution in [-0.4, -0.2) is 70.8 Å². The molecule has 6 rings (SSSR count). The summed E-state index contributed by atoms with van der Waals surface area (Å²) in [5.41, 5.74) is -1.76. The number of hydrogen-bond acceptors (Lipinski definition) is 6. The Balaban J connectivity index is 1.52. The third-order valence-corrected chi connectivity index (χ3v) is 9.23. The number of amides is 2. The predicted molar refractivity (Wildman–Crippen MR) is 155 cm³/mol. The normalized spacial score (nSPS) is 31.9. The van der Waals surface area contributed by atoms with E-state index >= 15 is 0 Å². The molecule has 2 amide bonds. The molecule has 0 radical (unpaired) electrons. The van der Waals surface area contributed by atoms with Crippen LogP contribution < -0.4 is 4.90 Å². The molecule has 0 saturated carbocycles. The molecule has 8 nitrogen and oxygen atoms in total. The molecule has 4 aliphatic heterocycles. The summed E-state index contributed by atoms with van der Waals surface area (Å²) in [6.45, 7) is 6.18. The van der Waals surface area contributed by atoms with Crippen molar-refractivity contribution in [2.75, 3.05) is 24.7 Å². The van der Waals surface area contributed by atoms with Crippen molar-refractivity contribution in [3.63, 3.8) is 0 Å². The van der Waals surface area contributed by atoms with E-state index in [2.05, 4.69) is 0 Å². The second-order valence-corrected chi connectivity index (χ2v) is 12.1. The Kier molecular flexibility index (Phi) is 7.02. The fraction of sp³-hybridized carbons (Fsp3) is 0.485. The van der Waals surface area contributed by atoms with Crippen LogP contribution in [0.15, 0.2) is 66.8 Å². The summed E-state index contributed by atoms with van der Waals surface area (Å²) in [5.74, 6) is -2.82. The fourth-order valence-corrected chi connectivity index (χ4v) is 7.46. The maximum absolute atomic E-state index is 14.8. The highest BCUT2D eigenvalue weighted by atomic mass is 16.6. The van der Waals surface area contributed by atoms with Crippen LogP contribution in [0.2, 0.25) is 0 Å². The highest BCUT2D eigenvalue weighted by molar-refractivity contribution is 6.06. The fourth-order valence-electron chi connectivity index (χ4n) is 7.46. The highest BCUT2D eigenvalue weighted by Crippen LogP contribution is 2.59. The number of ether oxygens (including phenoxy) is 2. The zero-order chi connectivity index (χ0) is 28.9. The molecular weight excluding hydrogens is 520 g/mol. The molecular formula is C33H38N2O6. The highest BCUT2D eigenvalue weighted by Gasteiger charge is 2.76. The Morgan fingerprint density at radius 1 is 1.00 bits per heavy atom. The molecule has 216 valence electrons. The van der Waals surface area contributed by atoms with Gasteiger partial charge in [-0.25, -0.2) is 0 Å². The van der Waals surface area contributed by atoms with Crippen molar-refractivity contribution in [2.45, 2.75) is 63.3 Å². The van der Waals surface area contributed by atoms with Gasteiger partial charge in [-0.1, -0.05) is 75.4 Å². The Labute approximate surface area is 240 Å². The van der Waals surface area contributed by atoms with Crippen LogP contribution in [0.5, 0.6) is 0 Å². The van der Waals surface area contributed by atoms with Crippen molar-refractivity contribution in [1.82, 2.24) is 4.90 Å². The lowest BCUT2D eigenvalue weighted by Gasteiger charge is -2.41. The zero-order valence-electron chi connectivity index (χ0n) is 23.9. The standard InChI is InChI=1S/C33H38N2O6/c1-4-32-14-7-8-17-40-31(39)27(32)26-29(37)35(25(20-36)18-21(2)3)28-30(38)34(16-9-15-33(26,28)41-32)24-13-12-22-10-5-6-11-23(22)19-24/h5-7,9-15,19,21,25-28,36H,4,8,16-18,20H2,1-3H3/t25-,26+,27-,28?,32+,33+/m1/s1. The summed E-state index contributed by atoms with van der Waals surface area (Å²) in [6.07, 6.45) is 9.06. The lowest BCUT2D eigenvalue weighted by molar-refractivity contribution is -0.162. The molecule has 1 unspecified atom stereocenters. The number of anilines is 1. The number of fused-ring (bicyclic) bond motifs is 3. The first-order chi connectivity index (χ1) is 19.8. The van der Waals surface area contributed by atoms with Gasteiger partial charge in [0.25, 0.3) is 5.91 Å². The number of cyclic esters (lactones) is 1. The summed E-state index contributed by atoms with van der Waals surface area (Å²) in [6, 6.07) is 12.2. The van der Waals surface area contributed by atoms with E-state index in [-0.39, 0.29) is 37.5 Å². The first-order valence-electron chi connectivity index (χ1n) is 14.7. The summed E-state index contributed by atoms with van der Waals surface area (Å²) in [5, 5.41) is 12.6. The van der Waals surface area contributed by atoms with Crippen LogP contribution in [0.1, 0.15) is 40.0 Å². The second-order valence-electron chi connectivity index (χ2n) is 12.1. The van der Waals surface area contributed by atoms with Crippen molar-refractivity contribution < 1.29 is 29.0 Å². The number of benzene rings is 2. The predicted octanol–water partition coefficient (Wildman–Crippen LogP) is 4.01. The van der Waals surface area contributed by atoms with Crippen LogP contribution in [0.25, 0.3) is 10.8 Å². The molecule has 2 aromatic rings. The van der Waals surface area contributed by atoms with Gasteiger partial charge < -0.3 is 24.4 Å². The van der Waals surface area contributed by atoms with E-state index in [1.54, 1.807) is 4.90 Å². The van der Waals surface area contributed by atoms with Gasteiger partial charge in [-0.05, 0) is 48.1 Å². The van der Waals surface area contributed by atoms with Gasteiger partial charge >= 0.3 is 5.97 Å². The first kappa shape index (κ1) is 27.7. The number of carbonyl (C=O) groups excluding carboxylic acids is 3. The van der Waals surface area contributed by atoms with Gasteiger partial charge in [-0.2, -0.15) is 0 Å². The molecule has 0 aliphatic carbocycles. The quantitative estimate of drug-likeness (QED) is 0.425. The molecule has 0 bridgehead atoms. The molecule has 6 atom stereocenters. The van der Waals surface area contributed by atoms with Crippen LogP contribution in [0.4, 0.5) is 5.69 Å². The van der Waals surface area contributed by atoms with Crippen molar-refractivity contribution in [3.05, 3.63) is 66.8 Å². The molecule has 8 heteroatoms. The maximum atomic E-state index is 14.8. The largest absolute Gasteiger partial charge is 0.465 e. The minimum Gasteiger partial charge on any atom is -0.465 e. The molecule has 2 saturated heterocycles. The van der Waals surface area contributed by atoms with Gasteiger partial charge in [0.2, 0.25) is 5.91 Å². The zero-order valence-corrected chi connectivity index (χ0v) is 23.9. The summed E-state index contributed by atoms with van der Waals surface area (Å²) in [7, 11) is 0. The SMILES string of the molecule is CC[C@]12C=CCCOC(=O)[C@H]1[C@H]1C(=O)N([C@@H](CO)CC(C)C)C3C(=O)N(c4ccc5ccccc5c4)CC=C[C@@]31O2. The molecule has 4 heterocycles. The van der Waals surface area contributed by atoms with Gasteiger partial charge in [-0.15, -0.1) is 0 Å². The number of likely N-dealkylation sites (tertiary alicyclic amines) is 1. The van der Waals surface area contributed by atoms with E-state index in [4.69, 9.17) is 9.47 Å². The number of rotatable bonds is 6. The Morgan fingerprint density at radius 2 is 1.78 bits per heavy atom. The topological polar surface area (TPSA) is 96.4 Å². The van der Waals surface area contributed by atoms with E-state index < -0.39 is 41.1 Å². The maximum Gasteiger partial charge on any atom is 0.313 e. The minimum atomic E-state index is -1.39. The van der Waals surface area contributed by atoms with Crippen LogP contribution in [-0.2, 0) is 23.9 Å². The Bertz CT molecular complexity index is 1430. The number of carbonyl (C=O) groups is 3. The molecule has 2 aromatic carbocycles. The van der Waals surface area contributed by atoms with Crippen molar-refractivity contribution in [1.29, 1.82) is 0 Å². The lowest BCUT2D eigenvalue weighted by atomic mass is 9.73. The van der Waals surface area contributed by atoms with E-state index in [0.29, 0.717) is 24.9 Å². The summed E-state index contributed by atoms with van der Waals surface area (Å²) >= 11 is 0. The van der Waals surface area contributed by atoms with Gasteiger partial charge in [0.15, 0.2) is 0 Å². The van der Waals surface area contributed by atoms with Crippen LogP contribution in [0, 0.1) is 17.8 Å². The van der Waals surface area contributed by atoms with Crippen molar-refractivity contribution >= 4 is 34.2 Å². The molecule has 4 aliphatic rings. The molecule has 0 aromatic heterocycles. The molecule has 2 fully saturated rings. The Hall–Kier alpha value is -3.49. The van der Waals surface area contributed by atoms with Crippen LogP contribution >= 0.6 is 0 Å². The first-order valence-corrected chi connectivity index (χ1v) is 14.7. The van der Waals surface area contributed by atoms with Crippen LogP contribution in [0.3, 0.4) is 0 Å². The summed E-state index contributed by atoms with van der Waals surface area (Å²) < 4.78 is 12.6. The number of aliphatic hydroxyl groups excluding tert-OH is 1. The minimum absolute atomic E-state index is 0.161. The molecule has 41 heavy (non-hydrogen) atoms. The number of nitrogens with zero attached hydrogens (tertiary/aromatic N) is 2. The number of hydrogen-bond donors (Lipinski definition) is 1. The monoisotopic (exact) mass is 558 g/mol. The van der Waals surface area contributed by atoms with E-state index in [9.17, 15) is 19.5 Å². The molecule has 1 spiro atoms. The number of esters is 1. The second kappa shape index (κ2) is 10.4. The van der Waals surface area contributed by atoms with Crippen molar-refractivity contribution in [2.24, 2.45) is 17.8 Å². The lowest BCUT2D eigenvalue weighted by Crippen LogP contribution is -2.59. The van der Waals surface area contributed by atoms with Gasteiger partial charge in [0.05, 0.1) is 25.2 Å². The van der Waals surface area contributed by atoms with Crippen molar-refractivity contribution in [3.8, 4) is 0 Å². The van der Waals surface area contributed by atoms with Gasteiger partial charge in [0, 0.05) is 12.2 Å². The average Bonchev–Trinajstić information content (AvgIpc) is 3.31. The Morgan fingerprint density at radius 3 is 2.51 bits per heavy atom. The van der Waals surface area contributed by atoms with E-state index in [1.807, 2.05) is 87.5 Å². The van der Waals surface area contributed by atoms with Gasteiger partial charge in [0.1, 0.15) is 23.2 Å². The molecule has 1 N–H and O–H groups in total. The third kappa shape index (κ3) is 4.22. The average molecular weight is 559 g/mol. The summed E-state index contributed by atoms with van der Waals surface area (Å²) in [4.78, 5) is 46.2. The van der Waals surface area contributed by atoms with E-state index in [1.165, 1.54) is 4.90 Å². The smallest absolute Gasteiger partial charge is 0.313 e.